The molecule has 2 rings (SSSR count). The molecule has 1 aromatic carbocycles. The average Bonchev–Trinajstić information content (AvgIpc) is 2.62. The van der Waals surface area contributed by atoms with Crippen LogP contribution in [0.1, 0.15) is 15.9 Å². The number of hydrogen-bond donors (Lipinski definition) is 1. The standard InChI is InChI=1S/C12H12O5/c1-16-9-5-3-4-7-8(9)6-12(15,10(7)13)11(14)17-2/h3-5,15H,6H2,1-2H3/t12-/m0/s1. The van der Waals surface area contributed by atoms with Crippen molar-refractivity contribution in [2.75, 3.05) is 14.2 Å². The molecule has 1 aliphatic carbocycles. The van der Waals surface area contributed by atoms with Crippen LogP contribution in [0.4, 0.5) is 0 Å². The van der Waals surface area contributed by atoms with Gasteiger partial charge in [0, 0.05) is 17.5 Å². The normalized spacial score (nSPS) is 22.2. The highest BCUT2D eigenvalue weighted by Crippen LogP contribution is 2.36. The fraction of sp³-hybridized carbons (Fsp3) is 0.333. The Morgan fingerprint density at radius 3 is 2.71 bits per heavy atom. The van der Waals surface area contributed by atoms with E-state index in [4.69, 9.17) is 4.74 Å². The third kappa shape index (κ3) is 1.51. The van der Waals surface area contributed by atoms with Crippen LogP contribution in [0.2, 0.25) is 0 Å². The minimum Gasteiger partial charge on any atom is -0.496 e. The second-order valence-corrected chi connectivity index (χ2v) is 3.84. The van der Waals surface area contributed by atoms with Crippen molar-refractivity contribution in [3.05, 3.63) is 29.3 Å². The number of hydrogen-bond acceptors (Lipinski definition) is 5. The van der Waals surface area contributed by atoms with E-state index >= 15 is 0 Å². The van der Waals surface area contributed by atoms with Crippen LogP contribution in [0.5, 0.6) is 5.75 Å². The first-order valence-electron chi connectivity index (χ1n) is 5.06. The van der Waals surface area contributed by atoms with E-state index in [1.165, 1.54) is 7.11 Å². The summed E-state index contributed by atoms with van der Waals surface area (Å²) in [6.07, 6.45) is -0.113. The molecule has 0 radical (unpaired) electrons. The van der Waals surface area contributed by atoms with Crippen molar-refractivity contribution in [2.24, 2.45) is 0 Å². The highest BCUT2D eigenvalue weighted by molar-refractivity contribution is 6.19. The van der Waals surface area contributed by atoms with Crippen LogP contribution in [0.3, 0.4) is 0 Å². The molecule has 5 nitrogen and oxygen atoms in total. The van der Waals surface area contributed by atoms with Crippen molar-refractivity contribution in [2.45, 2.75) is 12.0 Å². The van der Waals surface area contributed by atoms with Crippen LogP contribution in [-0.2, 0) is 16.0 Å². The average molecular weight is 236 g/mol. The van der Waals surface area contributed by atoms with Crippen LogP contribution < -0.4 is 4.74 Å². The molecule has 0 fully saturated rings. The number of ether oxygens (including phenoxy) is 2. The third-order valence-electron chi connectivity index (χ3n) is 2.93. The van der Waals surface area contributed by atoms with Crippen molar-refractivity contribution in [1.29, 1.82) is 0 Å². The van der Waals surface area contributed by atoms with Crippen LogP contribution in [0.15, 0.2) is 18.2 Å². The minimum atomic E-state index is -2.12. The van der Waals surface area contributed by atoms with Gasteiger partial charge in [0.05, 0.1) is 14.2 Å². The Balaban J connectivity index is 2.52. The number of esters is 1. The quantitative estimate of drug-likeness (QED) is 0.592. The molecule has 0 saturated carbocycles. The minimum absolute atomic E-state index is 0.113. The number of fused-ring (bicyclic) bond motifs is 1. The van der Waals surface area contributed by atoms with Crippen molar-refractivity contribution >= 4 is 11.8 Å². The molecule has 0 amide bonds. The predicted molar refractivity (Wildman–Crippen MR) is 58.0 cm³/mol. The monoisotopic (exact) mass is 236 g/mol. The highest BCUT2D eigenvalue weighted by atomic mass is 16.5. The summed E-state index contributed by atoms with van der Waals surface area (Å²) in [5, 5.41) is 10.1. The van der Waals surface area contributed by atoms with Gasteiger partial charge in [-0.1, -0.05) is 12.1 Å². The van der Waals surface area contributed by atoms with Crippen LogP contribution in [0.25, 0.3) is 0 Å². The Kier molecular flexibility index (Phi) is 2.63. The predicted octanol–water partition coefficient (Wildman–Crippen LogP) is 0.338. The van der Waals surface area contributed by atoms with Gasteiger partial charge in [0.2, 0.25) is 11.4 Å². The molecule has 0 saturated heterocycles. The summed E-state index contributed by atoms with van der Waals surface area (Å²) in [5.41, 5.74) is -1.28. The van der Waals surface area contributed by atoms with Crippen molar-refractivity contribution in [1.82, 2.24) is 0 Å². The molecule has 0 spiro atoms. The van der Waals surface area contributed by atoms with Gasteiger partial charge in [-0.25, -0.2) is 4.79 Å². The Bertz CT molecular complexity index is 494. The summed E-state index contributed by atoms with van der Waals surface area (Å²) in [4.78, 5) is 23.5. The molecule has 0 unspecified atom stereocenters. The van der Waals surface area contributed by atoms with Crippen LogP contribution >= 0.6 is 0 Å². The molecule has 1 N–H and O–H groups in total. The molecule has 1 atom stereocenters. The number of carbonyl (C=O) groups is 2. The Labute approximate surface area is 98.0 Å². The fourth-order valence-electron chi connectivity index (χ4n) is 2.04. The molecule has 0 aliphatic heterocycles. The Morgan fingerprint density at radius 1 is 1.41 bits per heavy atom. The van der Waals surface area contributed by atoms with Crippen molar-refractivity contribution < 1.29 is 24.2 Å². The van der Waals surface area contributed by atoms with E-state index in [-0.39, 0.29) is 6.42 Å². The van der Waals surface area contributed by atoms with Gasteiger partial charge in [-0.3, -0.25) is 4.79 Å². The van der Waals surface area contributed by atoms with E-state index in [1.807, 2.05) is 0 Å². The summed E-state index contributed by atoms with van der Waals surface area (Å²) >= 11 is 0. The number of carbonyl (C=O) groups excluding carboxylic acids is 2. The molecule has 0 bridgehead atoms. The van der Waals surface area contributed by atoms with Crippen molar-refractivity contribution in [3.63, 3.8) is 0 Å². The van der Waals surface area contributed by atoms with Gasteiger partial charge in [0.15, 0.2) is 0 Å². The lowest BCUT2D eigenvalue weighted by Gasteiger charge is -2.16. The Hall–Kier alpha value is -1.88. The summed E-state index contributed by atoms with van der Waals surface area (Å²) in [6, 6.07) is 4.87. The lowest BCUT2D eigenvalue weighted by Crippen LogP contribution is -2.45. The topological polar surface area (TPSA) is 72.8 Å². The molecule has 0 aromatic heterocycles. The maximum atomic E-state index is 12.0. The van der Waals surface area contributed by atoms with Gasteiger partial charge in [-0.15, -0.1) is 0 Å². The molecular weight excluding hydrogens is 224 g/mol. The van der Waals surface area contributed by atoms with Gasteiger partial charge in [0.1, 0.15) is 5.75 Å². The number of benzene rings is 1. The van der Waals surface area contributed by atoms with Crippen LogP contribution in [-0.4, -0.2) is 36.7 Å². The molecule has 1 aliphatic rings. The maximum Gasteiger partial charge on any atom is 0.346 e. The van der Waals surface area contributed by atoms with E-state index < -0.39 is 17.4 Å². The van der Waals surface area contributed by atoms with Gasteiger partial charge in [-0.2, -0.15) is 0 Å². The number of rotatable bonds is 2. The fourth-order valence-corrected chi connectivity index (χ4v) is 2.04. The lowest BCUT2D eigenvalue weighted by atomic mass is 10.00. The first kappa shape index (κ1) is 11.6. The third-order valence-corrected chi connectivity index (χ3v) is 2.93. The zero-order valence-electron chi connectivity index (χ0n) is 9.52. The van der Waals surface area contributed by atoms with Gasteiger partial charge < -0.3 is 14.6 Å². The van der Waals surface area contributed by atoms with Gasteiger partial charge in [-0.05, 0) is 6.07 Å². The second-order valence-electron chi connectivity index (χ2n) is 3.84. The zero-order valence-corrected chi connectivity index (χ0v) is 9.52. The largest absolute Gasteiger partial charge is 0.496 e. The molecular formula is C12H12O5. The molecule has 90 valence electrons. The molecule has 5 heteroatoms. The van der Waals surface area contributed by atoms with E-state index in [0.717, 1.165) is 7.11 Å². The summed E-state index contributed by atoms with van der Waals surface area (Å²) in [6.45, 7) is 0. The van der Waals surface area contributed by atoms with Crippen molar-refractivity contribution in [3.8, 4) is 5.75 Å². The second kappa shape index (κ2) is 3.85. The number of ketones is 1. The number of methoxy groups -OCH3 is 2. The smallest absolute Gasteiger partial charge is 0.346 e. The number of Topliss-reactive ketones (excluding diaryl/α,β-unsaturated/α-hetero) is 1. The zero-order chi connectivity index (χ0) is 12.6. The lowest BCUT2D eigenvalue weighted by molar-refractivity contribution is -0.156. The summed E-state index contributed by atoms with van der Waals surface area (Å²) in [5.74, 6) is -1.10. The first-order chi connectivity index (χ1) is 8.04. The number of aliphatic hydroxyl groups is 1. The first-order valence-corrected chi connectivity index (χ1v) is 5.06. The molecule has 17 heavy (non-hydrogen) atoms. The maximum absolute atomic E-state index is 12.0. The van der Waals surface area contributed by atoms with E-state index in [0.29, 0.717) is 16.9 Å². The van der Waals surface area contributed by atoms with Gasteiger partial charge >= 0.3 is 5.97 Å². The van der Waals surface area contributed by atoms with E-state index in [1.54, 1.807) is 18.2 Å². The highest BCUT2D eigenvalue weighted by Gasteiger charge is 2.52. The molecule has 0 heterocycles. The van der Waals surface area contributed by atoms with Gasteiger partial charge in [0.25, 0.3) is 0 Å². The van der Waals surface area contributed by atoms with E-state index in [2.05, 4.69) is 4.74 Å². The van der Waals surface area contributed by atoms with E-state index in [9.17, 15) is 14.7 Å². The molecule has 1 aromatic rings. The SMILES string of the molecule is COC(=O)[C@]1(O)Cc2c(OC)cccc2C1=O. The summed E-state index contributed by atoms with van der Waals surface area (Å²) < 4.78 is 9.56. The van der Waals surface area contributed by atoms with Crippen LogP contribution in [0, 0.1) is 0 Å². The summed E-state index contributed by atoms with van der Waals surface area (Å²) in [7, 11) is 2.60. The Morgan fingerprint density at radius 2 is 2.12 bits per heavy atom.